The number of amides is 1. The number of carbonyl (C=O) groups excluding carboxylic acids is 1. The van der Waals surface area contributed by atoms with E-state index in [9.17, 15) is 4.79 Å². The van der Waals surface area contributed by atoms with Crippen molar-refractivity contribution in [1.82, 2.24) is 15.2 Å². The zero-order valence-corrected chi connectivity index (χ0v) is 21.7. The standard InChI is InChI=1S/C31H33N5O2/c1-33-31(37)28-6-4-5-25-20-22(7-12-27(25)28)19-23-13-14-34-29(21-23)35-30(32)24-8-10-26(11-9-24)38-18-17-36-15-2-3-16-36/h4-14,20-21H,2-3,15-19H2,1H3,(H,33,37)(H2,32,34,35). The average Bonchev–Trinajstić information content (AvgIpc) is 3.46. The highest BCUT2D eigenvalue weighted by molar-refractivity contribution is 6.07. The van der Waals surface area contributed by atoms with E-state index in [-0.39, 0.29) is 5.91 Å². The number of nitrogens with zero attached hydrogens (tertiary/aromatic N) is 3. The minimum Gasteiger partial charge on any atom is -0.492 e. The predicted molar refractivity (Wildman–Crippen MR) is 152 cm³/mol. The van der Waals surface area contributed by atoms with E-state index in [0.717, 1.165) is 39.8 Å². The van der Waals surface area contributed by atoms with Gasteiger partial charge >= 0.3 is 0 Å². The molecule has 5 rings (SSSR count). The molecule has 1 aliphatic rings. The van der Waals surface area contributed by atoms with Gasteiger partial charge in [-0.05, 0) is 96.7 Å². The van der Waals surface area contributed by atoms with Crippen molar-refractivity contribution in [2.24, 2.45) is 10.7 Å². The van der Waals surface area contributed by atoms with Crippen molar-refractivity contribution < 1.29 is 9.53 Å². The van der Waals surface area contributed by atoms with E-state index in [1.165, 1.54) is 25.9 Å². The van der Waals surface area contributed by atoms with Crippen LogP contribution in [0, 0.1) is 0 Å². The van der Waals surface area contributed by atoms with Crippen LogP contribution in [-0.2, 0) is 6.42 Å². The van der Waals surface area contributed by atoms with Crippen LogP contribution in [-0.4, -0.2) is 54.9 Å². The van der Waals surface area contributed by atoms with Crippen molar-refractivity contribution in [3.05, 3.63) is 101 Å². The van der Waals surface area contributed by atoms with Crippen molar-refractivity contribution in [1.29, 1.82) is 0 Å². The van der Waals surface area contributed by atoms with Crippen LogP contribution in [0.1, 0.15) is 39.9 Å². The molecule has 1 aliphatic heterocycles. The lowest BCUT2D eigenvalue weighted by molar-refractivity contribution is 0.0964. The van der Waals surface area contributed by atoms with E-state index in [0.29, 0.717) is 30.2 Å². The van der Waals surface area contributed by atoms with E-state index in [4.69, 9.17) is 10.5 Å². The molecule has 1 saturated heterocycles. The summed E-state index contributed by atoms with van der Waals surface area (Å²) in [7, 11) is 1.65. The largest absolute Gasteiger partial charge is 0.492 e. The zero-order valence-electron chi connectivity index (χ0n) is 21.7. The van der Waals surface area contributed by atoms with Crippen LogP contribution in [0.25, 0.3) is 10.8 Å². The quantitative estimate of drug-likeness (QED) is 0.253. The van der Waals surface area contributed by atoms with Gasteiger partial charge in [0.2, 0.25) is 0 Å². The highest BCUT2D eigenvalue weighted by Crippen LogP contribution is 2.23. The number of likely N-dealkylation sites (tertiary alicyclic amines) is 1. The summed E-state index contributed by atoms with van der Waals surface area (Å²) in [6.07, 6.45) is 5.05. The van der Waals surface area contributed by atoms with Gasteiger partial charge in [-0.2, -0.15) is 0 Å². The first-order chi connectivity index (χ1) is 18.6. The fourth-order valence-corrected chi connectivity index (χ4v) is 4.85. The molecule has 0 aliphatic carbocycles. The molecule has 0 radical (unpaired) electrons. The lowest BCUT2D eigenvalue weighted by Gasteiger charge is -2.15. The second-order valence-corrected chi connectivity index (χ2v) is 9.56. The van der Waals surface area contributed by atoms with Gasteiger partial charge in [0.25, 0.3) is 5.91 Å². The highest BCUT2D eigenvalue weighted by Gasteiger charge is 2.11. The topological polar surface area (TPSA) is 92.8 Å². The van der Waals surface area contributed by atoms with Gasteiger partial charge in [0, 0.05) is 30.9 Å². The highest BCUT2D eigenvalue weighted by atomic mass is 16.5. The molecule has 0 unspecified atom stereocenters. The minimum atomic E-state index is -0.0859. The molecule has 38 heavy (non-hydrogen) atoms. The van der Waals surface area contributed by atoms with Gasteiger partial charge in [-0.25, -0.2) is 9.98 Å². The number of rotatable bonds is 9. The molecule has 0 saturated carbocycles. The maximum atomic E-state index is 12.2. The Morgan fingerprint density at radius 3 is 2.61 bits per heavy atom. The number of ether oxygens (including phenoxy) is 1. The molecule has 1 amide bonds. The second-order valence-electron chi connectivity index (χ2n) is 9.56. The molecule has 3 aromatic carbocycles. The normalized spacial score (nSPS) is 14.1. The number of aromatic nitrogens is 1. The van der Waals surface area contributed by atoms with Crippen LogP contribution in [0.3, 0.4) is 0 Å². The fraction of sp³-hybridized carbons (Fsp3) is 0.258. The van der Waals surface area contributed by atoms with Crippen molar-refractivity contribution in [2.45, 2.75) is 19.3 Å². The van der Waals surface area contributed by atoms with Gasteiger partial charge < -0.3 is 15.8 Å². The summed E-state index contributed by atoms with van der Waals surface area (Å²) < 4.78 is 5.89. The van der Waals surface area contributed by atoms with E-state index in [2.05, 4.69) is 32.3 Å². The number of nitrogens with one attached hydrogen (secondary N) is 1. The number of benzene rings is 3. The molecule has 0 bridgehead atoms. The fourth-order valence-electron chi connectivity index (χ4n) is 4.85. The van der Waals surface area contributed by atoms with Gasteiger partial charge in [0.15, 0.2) is 5.82 Å². The molecule has 194 valence electrons. The lowest BCUT2D eigenvalue weighted by atomic mass is 9.98. The van der Waals surface area contributed by atoms with Crippen LogP contribution < -0.4 is 15.8 Å². The van der Waals surface area contributed by atoms with Gasteiger partial charge in [0.05, 0.1) is 0 Å². The second kappa shape index (κ2) is 11.9. The summed E-state index contributed by atoms with van der Waals surface area (Å²) in [6.45, 7) is 4.00. The summed E-state index contributed by atoms with van der Waals surface area (Å²) in [5.41, 5.74) is 10.0. The Kier molecular flexibility index (Phi) is 7.95. The van der Waals surface area contributed by atoms with Crippen LogP contribution in [0.5, 0.6) is 5.75 Å². The first-order valence-corrected chi connectivity index (χ1v) is 13.1. The molecule has 4 aromatic rings. The first-order valence-electron chi connectivity index (χ1n) is 13.1. The summed E-state index contributed by atoms with van der Waals surface area (Å²) in [5, 5.41) is 4.67. The number of nitrogens with two attached hydrogens (primary N) is 1. The van der Waals surface area contributed by atoms with Crippen molar-refractivity contribution >= 4 is 28.3 Å². The van der Waals surface area contributed by atoms with E-state index < -0.39 is 0 Å². The summed E-state index contributed by atoms with van der Waals surface area (Å²) in [6, 6.07) is 23.6. The average molecular weight is 508 g/mol. The van der Waals surface area contributed by atoms with Gasteiger partial charge in [-0.15, -0.1) is 0 Å². The number of hydrogen-bond acceptors (Lipinski definition) is 5. The number of pyridine rings is 1. The van der Waals surface area contributed by atoms with Crippen molar-refractivity contribution in [3.8, 4) is 5.75 Å². The van der Waals surface area contributed by atoms with Gasteiger partial charge in [0.1, 0.15) is 18.2 Å². The maximum absolute atomic E-state index is 12.2. The smallest absolute Gasteiger partial charge is 0.251 e. The van der Waals surface area contributed by atoms with Gasteiger partial charge in [-0.1, -0.05) is 30.3 Å². The number of amidine groups is 1. The minimum absolute atomic E-state index is 0.0859. The lowest BCUT2D eigenvalue weighted by Crippen LogP contribution is -2.25. The Hall–Kier alpha value is -4.23. The molecule has 7 heteroatoms. The number of fused-ring (bicyclic) bond motifs is 1. The molecule has 3 N–H and O–H groups in total. The Morgan fingerprint density at radius 1 is 1.03 bits per heavy atom. The molecule has 0 spiro atoms. The van der Waals surface area contributed by atoms with Crippen LogP contribution in [0.4, 0.5) is 5.82 Å². The van der Waals surface area contributed by atoms with Crippen LogP contribution >= 0.6 is 0 Å². The van der Waals surface area contributed by atoms with Gasteiger partial charge in [-0.3, -0.25) is 9.69 Å². The van der Waals surface area contributed by atoms with Crippen molar-refractivity contribution in [2.75, 3.05) is 33.3 Å². The van der Waals surface area contributed by atoms with E-state index in [1.54, 1.807) is 13.2 Å². The molecule has 1 aromatic heterocycles. The molecule has 1 fully saturated rings. The number of carbonyl (C=O) groups is 1. The monoisotopic (exact) mass is 507 g/mol. The zero-order chi connectivity index (χ0) is 26.3. The Morgan fingerprint density at radius 2 is 1.82 bits per heavy atom. The number of aliphatic imine (C=N–C) groups is 1. The molecular weight excluding hydrogens is 474 g/mol. The summed E-state index contributed by atoms with van der Waals surface area (Å²) >= 11 is 0. The third-order valence-electron chi connectivity index (χ3n) is 6.89. The Labute approximate surface area is 223 Å². The Bertz CT molecular complexity index is 1440. The maximum Gasteiger partial charge on any atom is 0.251 e. The van der Waals surface area contributed by atoms with Crippen LogP contribution in [0.15, 0.2) is 84.0 Å². The Balaban J connectivity index is 1.24. The third-order valence-corrected chi connectivity index (χ3v) is 6.89. The molecule has 2 heterocycles. The summed E-state index contributed by atoms with van der Waals surface area (Å²) in [5.74, 6) is 1.72. The predicted octanol–water partition coefficient (Wildman–Crippen LogP) is 4.70. The van der Waals surface area contributed by atoms with E-state index >= 15 is 0 Å². The number of hydrogen-bond donors (Lipinski definition) is 2. The molecular formula is C31H33N5O2. The SMILES string of the molecule is CNC(=O)c1cccc2cc(Cc3ccnc(N=C(N)c4ccc(OCCN5CCCC5)cc4)c3)ccc12. The molecule has 0 atom stereocenters. The first kappa shape index (κ1) is 25.4. The van der Waals surface area contributed by atoms with Crippen LogP contribution in [0.2, 0.25) is 0 Å². The third kappa shape index (κ3) is 6.18. The molecule has 7 nitrogen and oxygen atoms in total. The van der Waals surface area contributed by atoms with Crippen molar-refractivity contribution in [3.63, 3.8) is 0 Å². The summed E-state index contributed by atoms with van der Waals surface area (Å²) in [4.78, 5) is 23.6. The van der Waals surface area contributed by atoms with E-state index in [1.807, 2.05) is 60.7 Å².